The van der Waals surface area contributed by atoms with E-state index in [0.717, 1.165) is 47.2 Å². The van der Waals surface area contributed by atoms with Gasteiger partial charge >= 0.3 is 0 Å². The topological polar surface area (TPSA) is 62.1 Å². The lowest BCUT2D eigenvalue weighted by atomic mass is 10.2. The van der Waals surface area contributed by atoms with Crippen LogP contribution in [0.2, 0.25) is 0 Å². The maximum atomic E-state index is 13.0. The number of hydrogen-bond acceptors (Lipinski definition) is 3. The Hall–Kier alpha value is -3.08. The second kappa shape index (κ2) is 5.48. The minimum atomic E-state index is -0.0702. The van der Waals surface area contributed by atoms with Gasteiger partial charge in [0.1, 0.15) is 11.4 Å². The number of nitrogens with zero attached hydrogens (tertiary/aromatic N) is 2. The Kier molecular flexibility index (Phi) is 3.13. The fourth-order valence-electron chi connectivity index (χ4n) is 3.65. The molecule has 1 aliphatic heterocycles. The third kappa shape index (κ3) is 2.31. The minimum Gasteiger partial charge on any atom is -0.451 e. The molecule has 0 radical (unpaired) electrons. The average Bonchev–Trinajstić information content (AvgIpc) is 3.36. The highest BCUT2D eigenvalue weighted by molar-refractivity contribution is 5.96. The molecule has 1 amide bonds. The number of carbonyl (C=O) groups is 1. The summed E-state index contributed by atoms with van der Waals surface area (Å²) in [6.07, 6.45) is 1.87. The van der Waals surface area contributed by atoms with E-state index in [1.807, 2.05) is 59.5 Å². The number of imidazole rings is 1. The molecule has 0 saturated carbocycles. The number of benzene rings is 2. The van der Waals surface area contributed by atoms with Gasteiger partial charge in [-0.3, -0.25) is 4.79 Å². The van der Waals surface area contributed by atoms with Crippen LogP contribution in [0.15, 0.2) is 59.0 Å². The first-order valence-electron chi connectivity index (χ1n) is 8.54. The van der Waals surface area contributed by atoms with Gasteiger partial charge < -0.3 is 14.3 Å². The SMILES string of the molecule is O=C(c1cc2ccccc2o1)N1CCC[C@@H]1c1nc2ccccc2[nH]1. The second-order valence-electron chi connectivity index (χ2n) is 6.44. The van der Waals surface area contributed by atoms with Crippen LogP contribution >= 0.6 is 0 Å². The monoisotopic (exact) mass is 331 g/mol. The van der Waals surface area contributed by atoms with E-state index in [4.69, 9.17) is 4.42 Å². The molecule has 5 nitrogen and oxygen atoms in total. The normalized spacial score (nSPS) is 17.6. The molecule has 0 spiro atoms. The van der Waals surface area contributed by atoms with Crippen LogP contribution in [-0.2, 0) is 0 Å². The molecule has 2 aromatic carbocycles. The van der Waals surface area contributed by atoms with E-state index < -0.39 is 0 Å². The van der Waals surface area contributed by atoms with Gasteiger partial charge in [0, 0.05) is 11.9 Å². The van der Waals surface area contributed by atoms with Gasteiger partial charge in [-0.05, 0) is 37.1 Å². The number of rotatable bonds is 2. The number of hydrogen-bond donors (Lipinski definition) is 1. The summed E-state index contributed by atoms with van der Waals surface area (Å²) in [6, 6.07) is 17.4. The van der Waals surface area contributed by atoms with Gasteiger partial charge in [-0.1, -0.05) is 30.3 Å². The zero-order valence-electron chi connectivity index (χ0n) is 13.6. The maximum Gasteiger partial charge on any atom is 0.290 e. The third-order valence-electron chi connectivity index (χ3n) is 4.87. The molecular weight excluding hydrogens is 314 g/mol. The van der Waals surface area contributed by atoms with Crippen molar-refractivity contribution in [1.29, 1.82) is 0 Å². The minimum absolute atomic E-state index is 0.0342. The standard InChI is InChI=1S/C20H17N3O2/c24-20(18-12-13-6-1-4-10-17(13)25-18)23-11-5-9-16(23)19-21-14-7-2-3-8-15(14)22-19/h1-4,6-8,10,12,16H,5,9,11H2,(H,21,22)/t16-/m1/s1. The van der Waals surface area contributed by atoms with E-state index in [0.29, 0.717) is 5.76 Å². The van der Waals surface area contributed by atoms with Crippen LogP contribution in [-0.4, -0.2) is 27.3 Å². The molecule has 0 unspecified atom stereocenters. The highest BCUT2D eigenvalue weighted by atomic mass is 16.3. The first kappa shape index (κ1) is 14.3. The van der Waals surface area contributed by atoms with Gasteiger partial charge in [0.05, 0.1) is 17.1 Å². The molecule has 25 heavy (non-hydrogen) atoms. The van der Waals surface area contributed by atoms with Crippen molar-refractivity contribution in [1.82, 2.24) is 14.9 Å². The molecule has 1 atom stereocenters. The van der Waals surface area contributed by atoms with Gasteiger partial charge in [-0.25, -0.2) is 4.98 Å². The Morgan fingerprint density at radius 1 is 1.16 bits per heavy atom. The zero-order chi connectivity index (χ0) is 16.8. The molecule has 0 aliphatic carbocycles. The van der Waals surface area contributed by atoms with Gasteiger partial charge in [-0.15, -0.1) is 0 Å². The summed E-state index contributed by atoms with van der Waals surface area (Å²) in [5.74, 6) is 1.17. The van der Waals surface area contributed by atoms with Crippen molar-refractivity contribution in [2.45, 2.75) is 18.9 Å². The molecule has 5 heteroatoms. The number of furan rings is 1. The van der Waals surface area contributed by atoms with Gasteiger partial charge in [0.25, 0.3) is 5.91 Å². The third-order valence-corrected chi connectivity index (χ3v) is 4.87. The van der Waals surface area contributed by atoms with E-state index in [1.165, 1.54) is 0 Å². The highest BCUT2D eigenvalue weighted by Gasteiger charge is 2.34. The van der Waals surface area contributed by atoms with E-state index in [-0.39, 0.29) is 11.9 Å². The van der Waals surface area contributed by atoms with E-state index in [1.54, 1.807) is 0 Å². The molecule has 1 aliphatic rings. The first-order chi connectivity index (χ1) is 12.3. The molecule has 5 rings (SSSR count). The molecular formula is C20H17N3O2. The summed E-state index contributed by atoms with van der Waals surface area (Å²) in [4.78, 5) is 22.9. The lowest BCUT2D eigenvalue weighted by molar-refractivity contribution is 0.0700. The number of H-pyrrole nitrogens is 1. The fourth-order valence-corrected chi connectivity index (χ4v) is 3.65. The number of amides is 1. The maximum absolute atomic E-state index is 13.0. The van der Waals surface area contributed by atoms with Crippen LogP contribution < -0.4 is 0 Å². The number of aromatic amines is 1. The first-order valence-corrected chi connectivity index (χ1v) is 8.54. The molecule has 4 aromatic rings. The lowest BCUT2D eigenvalue weighted by Crippen LogP contribution is -2.30. The van der Waals surface area contributed by atoms with Crippen molar-refractivity contribution in [3.8, 4) is 0 Å². The second-order valence-corrected chi connectivity index (χ2v) is 6.44. The number of para-hydroxylation sites is 3. The summed E-state index contributed by atoms with van der Waals surface area (Å²) < 4.78 is 5.76. The van der Waals surface area contributed by atoms with E-state index in [9.17, 15) is 4.79 Å². The molecule has 1 fully saturated rings. The van der Waals surface area contributed by atoms with Crippen LogP contribution in [0.25, 0.3) is 22.0 Å². The number of nitrogens with one attached hydrogen (secondary N) is 1. The van der Waals surface area contributed by atoms with Crippen LogP contribution in [0.3, 0.4) is 0 Å². The van der Waals surface area contributed by atoms with Crippen molar-refractivity contribution in [3.63, 3.8) is 0 Å². The van der Waals surface area contributed by atoms with Gasteiger partial charge in [0.2, 0.25) is 0 Å². The number of likely N-dealkylation sites (tertiary alicyclic amines) is 1. The van der Waals surface area contributed by atoms with Crippen molar-refractivity contribution >= 4 is 27.9 Å². The number of fused-ring (bicyclic) bond motifs is 2. The molecule has 124 valence electrons. The zero-order valence-corrected chi connectivity index (χ0v) is 13.6. The summed E-state index contributed by atoms with van der Waals surface area (Å²) in [5, 5.41) is 0.949. The van der Waals surface area contributed by atoms with Crippen molar-refractivity contribution in [3.05, 3.63) is 66.2 Å². The quantitative estimate of drug-likeness (QED) is 0.596. The Morgan fingerprint density at radius 2 is 2.00 bits per heavy atom. The van der Waals surface area contributed by atoms with Gasteiger partial charge in [0.15, 0.2) is 5.76 Å². The average molecular weight is 331 g/mol. The van der Waals surface area contributed by atoms with Crippen molar-refractivity contribution < 1.29 is 9.21 Å². The summed E-state index contributed by atoms with van der Waals surface area (Å²) in [5.41, 5.74) is 2.67. The van der Waals surface area contributed by atoms with E-state index >= 15 is 0 Å². The van der Waals surface area contributed by atoms with Crippen LogP contribution in [0.5, 0.6) is 0 Å². The fraction of sp³-hybridized carbons (Fsp3) is 0.200. The molecule has 1 N–H and O–H groups in total. The summed E-state index contributed by atoms with van der Waals surface area (Å²) in [6.45, 7) is 0.720. The van der Waals surface area contributed by atoms with E-state index in [2.05, 4.69) is 9.97 Å². The number of aromatic nitrogens is 2. The molecule has 3 heterocycles. The Labute approximate surface area is 144 Å². The van der Waals surface area contributed by atoms with Crippen molar-refractivity contribution in [2.24, 2.45) is 0 Å². The van der Waals surface area contributed by atoms with Gasteiger partial charge in [-0.2, -0.15) is 0 Å². The van der Waals surface area contributed by atoms with Crippen LogP contribution in [0.4, 0.5) is 0 Å². The molecule has 2 aromatic heterocycles. The summed E-state index contributed by atoms with van der Waals surface area (Å²) >= 11 is 0. The highest BCUT2D eigenvalue weighted by Crippen LogP contribution is 2.33. The van der Waals surface area contributed by atoms with Crippen molar-refractivity contribution in [2.75, 3.05) is 6.54 Å². The molecule has 0 bridgehead atoms. The van der Waals surface area contributed by atoms with Crippen LogP contribution in [0.1, 0.15) is 35.3 Å². The lowest BCUT2D eigenvalue weighted by Gasteiger charge is -2.21. The van der Waals surface area contributed by atoms with Crippen LogP contribution in [0, 0.1) is 0 Å². The Morgan fingerprint density at radius 3 is 2.88 bits per heavy atom. The Bertz CT molecular complexity index is 1010. The Balaban J connectivity index is 1.50. The predicted octanol–water partition coefficient (Wildman–Crippen LogP) is 4.29. The predicted molar refractivity (Wildman–Crippen MR) is 95.3 cm³/mol. The smallest absolute Gasteiger partial charge is 0.290 e. The summed E-state index contributed by atoms with van der Waals surface area (Å²) in [7, 11) is 0. The number of carbonyl (C=O) groups excluding carboxylic acids is 1. The largest absolute Gasteiger partial charge is 0.451 e. The molecule has 1 saturated heterocycles.